The topological polar surface area (TPSA) is 66.8 Å². The molecule has 5 heteroatoms. The lowest BCUT2D eigenvalue weighted by atomic mass is 9.97. The minimum atomic E-state index is -0.800. The number of rotatable bonds is 7. The molecule has 24 heavy (non-hydrogen) atoms. The van der Waals surface area contributed by atoms with Gasteiger partial charge < -0.3 is 14.7 Å². The Labute approximate surface area is 143 Å². The van der Waals surface area contributed by atoms with Crippen molar-refractivity contribution in [2.24, 2.45) is 0 Å². The maximum absolute atomic E-state index is 12.5. The molecule has 2 rings (SSSR count). The predicted octanol–water partition coefficient (Wildman–Crippen LogP) is 3.32. The number of carboxylic acids is 1. The van der Waals surface area contributed by atoms with E-state index in [1.165, 1.54) is 0 Å². The fourth-order valence-electron chi connectivity index (χ4n) is 3.34. The normalized spacial score (nSPS) is 17.6. The second-order valence-electron chi connectivity index (χ2n) is 6.59. The molecule has 1 aliphatic rings. The number of benzene rings is 1. The van der Waals surface area contributed by atoms with Gasteiger partial charge in [0.05, 0.1) is 13.0 Å². The van der Waals surface area contributed by atoms with Gasteiger partial charge in [0.2, 0.25) is 5.91 Å². The van der Waals surface area contributed by atoms with E-state index < -0.39 is 5.97 Å². The number of aryl methyl sites for hydroxylation is 2. The Morgan fingerprint density at radius 2 is 1.88 bits per heavy atom. The zero-order chi connectivity index (χ0) is 17.5. The number of carbonyl (C=O) groups excluding carboxylic acids is 1. The maximum Gasteiger partial charge on any atom is 0.303 e. The first-order valence-corrected chi connectivity index (χ1v) is 8.68. The SMILES string of the molecule is Cc1cc(C)cc(OCCC(=O)N2CCCCC2CCC(=O)O)c1. The molecule has 0 aromatic heterocycles. The van der Waals surface area contributed by atoms with E-state index in [1.54, 1.807) is 0 Å². The number of carboxylic acid groups (broad SMARTS) is 1. The van der Waals surface area contributed by atoms with Gasteiger partial charge in [-0.3, -0.25) is 9.59 Å². The maximum atomic E-state index is 12.5. The molecule has 1 fully saturated rings. The molecule has 1 saturated heterocycles. The summed E-state index contributed by atoms with van der Waals surface area (Å²) in [7, 11) is 0. The monoisotopic (exact) mass is 333 g/mol. The van der Waals surface area contributed by atoms with Gasteiger partial charge in [-0.15, -0.1) is 0 Å². The molecule has 1 unspecified atom stereocenters. The predicted molar refractivity (Wildman–Crippen MR) is 92.2 cm³/mol. The van der Waals surface area contributed by atoms with Crippen LogP contribution in [0.1, 0.15) is 49.7 Å². The van der Waals surface area contributed by atoms with Crippen LogP contribution < -0.4 is 4.74 Å². The number of hydrogen-bond donors (Lipinski definition) is 1. The van der Waals surface area contributed by atoms with Crippen LogP contribution in [0.5, 0.6) is 5.75 Å². The molecule has 0 saturated carbocycles. The Morgan fingerprint density at radius 3 is 2.54 bits per heavy atom. The molecule has 0 spiro atoms. The van der Waals surface area contributed by atoms with Crippen LogP contribution in [0.25, 0.3) is 0 Å². The quantitative estimate of drug-likeness (QED) is 0.831. The van der Waals surface area contributed by atoms with Crippen LogP contribution in [0.2, 0.25) is 0 Å². The number of carbonyl (C=O) groups is 2. The van der Waals surface area contributed by atoms with Crippen molar-refractivity contribution >= 4 is 11.9 Å². The highest BCUT2D eigenvalue weighted by Gasteiger charge is 2.26. The molecule has 1 atom stereocenters. The van der Waals surface area contributed by atoms with Crippen molar-refractivity contribution in [1.29, 1.82) is 0 Å². The summed E-state index contributed by atoms with van der Waals surface area (Å²) in [5.41, 5.74) is 2.28. The minimum Gasteiger partial charge on any atom is -0.493 e. The molecular formula is C19H27NO4. The number of aliphatic carboxylic acids is 1. The van der Waals surface area contributed by atoms with Crippen LogP contribution in [0.15, 0.2) is 18.2 Å². The van der Waals surface area contributed by atoms with Crippen LogP contribution in [-0.4, -0.2) is 41.1 Å². The van der Waals surface area contributed by atoms with Gasteiger partial charge in [0, 0.05) is 19.0 Å². The van der Waals surface area contributed by atoms with E-state index in [9.17, 15) is 9.59 Å². The average molecular weight is 333 g/mol. The standard InChI is InChI=1S/C19H27NO4/c1-14-11-15(2)13-17(12-14)24-10-8-18(21)20-9-4-3-5-16(20)6-7-19(22)23/h11-13,16H,3-10H2,1-2H3,(H,22,23). The Bertz CT molecular complexity index is 564. The first kappa shape index (κ1) is 18.3. The molecule has 132 valence electrons. The lowest BCUT2D eigenvalue weighted by Crippen LogP contribution is -2.44. The summed E-state index contributed by atoms with van der Waals surface area (Å²) in [5.74, 6) is 0.0574. The Balaban J connectivity index is 1.84. The second-order valence-corrected chi connectivity index (χ2v) is 6.59. The Morgan fingerprint density at radius 1 is 1.17 bits per heavy atom. The largest absolute Gasteiger partial charge is 0.493 e. The van der Waals surface area contributed by atoms with E-state index in [-0.39, 0.29) is 18.4 Å². The van der Waals surface area contributed by atoms with E-state index in [0.717, 1.165) is 42.7 Å². The van der Waals surface area contributed by atoms with Gasteiger partial charge in [-0.2, -0.15) is 0 Å². The number of amides is 1. The Kier molecular flexibility index (Phi) is 6.64. The highest BCUT2D eigenvalue weighted by Crippen LogP contribution is 2.22. The number of ether oxygens (including phenoxy) is 1. The van der Waals surface area contributed by atoms with E-state index in [2.05, 4.69) is 6.07 Å². The summed E-state index contributed by atoms with van der Waals surface area (Å²) in [6.07, 6.45) is 3.94. The van der Waals surface area contributed by atoms with Gasteiger partial charge >= 0.3 is 5.97 Å². The lowest BCUT2D eigenvalue weighted by Gasteiger charge is -2.35. The summed E-state index contributed by atoms with van der Waals surface area (Å²) in [6, 6.07) is 6.07. The second kappa shape index (κ2) is 8.71. The molecule has 1 aromatic rings. The molecular weight excluding hydrogens is 306 g/mol. The van der Waals surface area contributed by atoms with Crippen molar-refractivity contribution in [3.8, 4) is 5.75 Å². The molecule has 0 bridgehead atoms. The molecule has 5 nitrogen and oxygen atoms in total. The Hall–Kier alpha value is -2.04. The molecule has 0 aliphatic carbocycles. The molecule has 1 heterocycles. The van der Waals surface area contributed by atoms with E-state index >= 15 is 0 Å². The summed E-state index contributed by atoms with van der Waals surface area (Å²) in [6.45, 7) is 5.12. The molecule has 1 aliphatic heterocycles. The van der Waals surface area contributed by atoms with Crippen LogP contribution in [0, 0.1) is 13.8 Å². The zero-order valence-corrected chi connectivity index (χ0v) is 14.6. The van der Waals surface area contributed by atoms with Crippen LogP contribution in [0.4, 0.5) is 0 Å². The molecule has 1 aromatic carbocycles. The summed E-state index contributed by atoms with van der Waals surface area (Å²) in [4.78, 5) is 25.1. The van der Waals surface area contributed by atoms with Crippen molar-refractivity contribution in [3.05, 3.63) is 29.3 Å². The smallest absolute Gasteiger partial charge is 0.303 e. The summed E-state index contributed by atoms with van der Waals surface area (Å²) >= 11 is 0. The van der Waals surface area contributed by atoms with Gasteiger partial charge in [0.1, 0.15) is 5.75 Å². The number of piperidine rings is 1. The number of nitrogens with zero attached hydrogens (tertiary/aromatic N) is 1. The number of likely N-dealkylation sites (tertiary alicyclic amines) is 1. The molecule has 1 N–H and O–H groups in total. The third kappa shape index (κ3) is 5.55. The van der Waals surface area contributed by atoms with Crippen molar-refractivity contribution in [3.63, 3.8) is 0 Å². The number of hydrogen-bond acceptors (Lipinski definition) is 3. The highest BCUT2D eigenvalue weighted by atomic mass is 16.5. The van der Waals surface area contributed by atoms with Crippen molar-refractivity contribution < 1.29 is 19.4 Å². The van der Waals surface area contributed by atoms with Crippen LogP contribution in [0.3, 0.4) is 0 Å². The highest BCUT2D eigenvalue weighted by molar-refractivity contribution is 5.77. The van der Waals surface area contributed by atoms with E-state index in [0.29, 0.717) is 19.4 Å². The minimum absolute atomic E-state index is 0.0589. The fraction of sp³-hybridized carbons (Fsp3) is 0.579. The summed E-state index contributed by atoms with van der Waals surface area (Å²) in [5, 5.41) is 8.86. The lowest BCUT2D eigenvalue weighted by molar-refractivity contribution is -0.140. The van der Waals surface area contributed by atoms with Gasteiger partial charge in [-0.1, -0.05) is 6.07 Å². The zero-order valence-electron chi connectivity index (χ0n) is 14.6. The fourth-order valence-corrected chi connectivity index (χ4v) is 3.34. The summed E-state index contributed by atoms with van der Waals surface area (Å²) < 4.78 is 5.72. The van der Waals surface area contributed by atoms with Crippen LogP contribution in [-0.2, 0) is 9.59 Å². The van der Waals surface area contributed by atoms with Crippen molar-refractivity contribution in [2.75, 3.05) is 13.2 Å². The van der Waals surface area contributed by atoms with Gasteiger partial charge in [0.25, 0.3) is 0 Å². The van der Waals surface area contributed by atoms with Gasteiger partial charge in [0.15, 0.2) is 0 Å². The third-order valence-corrected chi connectivity index (χ3v) is 4.42. The first-order valence-electron chi connectivity index (χ1n) is 8.68. The van der Waals surface area contributed by atoms with Gasteiger partial charge in [-0.25, -0.2) is 0 Å². The van der Waals surface area contributed by atoms with Crippen molar-refractivity contribution in [1.82, 2.24) is 4.90 Å². The molecule has 1 amide bonds. The van der Waals surface area contributed by atoms with E-state index in [1.807, 2.05) is 30.9 Å². The van der Waals surface area contributed by atoms with Crippen LogP contribution >= 0.6 is 0 Å². The molecule has 0 radical (unpaired) electrons. The van der Waals surface area contributed by atoms with Gasteiger partial charge in [-0.05, 0) is 62.8 Å². The van der Waals surface area contributed by atoms with Crippen molar-refractivity contribution in [2.45, 2.75) is 58.4 Å². The average Bonchev–Trinajstić information content (AvgIpc) is 2.52. The van der Waals surface area contributed by atoms with E-state index in [4.69, 9.17) is 9.84 Å². The third-order valence-electron chi connectivity index (χ3n) is 4.42. The first-order chi connectivity index (χ1) is 11.5.